The number of nitrogens with one attached hydrogen (secondary N) is 1. The molecule has 0 bridgehead atoms. The van der Waals surface area contributed by atoms with Crippen LogP contribution in [-0.2, 0) is 4.79 Å². The number of aromatic nitrogens is 2. The SMILES string of the molecule is CC(=O)Oc1ccc2ncnc(NC3(C(=O)c4ccccc4)C=CC=C(Cl)C3)c2c1. The van der Waals surface area contributed by atoms with Gasteiger partial charge in [-0.2, -0.15) is 0 Å². The molecule has 4 rings (SSSR count). The zero-order valence-corrected chi connectivity index (χ0v) is 16.9. The predicted molar refractivity (Wildman–Crippen MR) is 116 cm³/mol. The molecule has 1 aliphatic carbocycles. The highest BCUT2D eigenvalue weighted by Gasteiger charge is 2.39. The zero-order chi connectivity index (χ0) is 21.1. The Kier molecular flexibility index (Phi) is 5.33. The molecule has 1 heterocycles. The maximum atomic E-state index is 13.5. The largest absolute Gasteiger partial charge is 0.427 e. The first-order chi connectivity index (χ1) is 14.5. The Balaban J connectivity index is 1.80. The number of esters is 1. The van der Waals surface area contributed by atoms with E-state index in [4.69, 9.17) is 16.3 Å². The molecule has 0 aliphatic heterocycles. The van der Waals surface area contributed by atoms with Gasteiger partial charge in [-0.25, -0.2) is 9.97 Å². The normalized spacial score (nSPS) is 18.0. The molecule has 30 heavy (non-hydrogen) atoms. The summed E-state index contributed by atoms with van der Waals surface area (Å²) in [6.07, 6.45) is 7.00. The van der Waals surface area contributed by atoms with Gasteiger partial charge in [0.1, 0.15) is 23.4 Å². The molecular weight excluding hydrogens is 402 g/mol. The average Bonchev–Trinajstić information content (AvgIpc) is 2.74. The van der Waals surface area contributed by atoms with Crippen LogP contribution in [0.25, 0.3) is 10.9 Å². The van der Waals surface area contributed by atoms with E-state index in [1.54, 1.807) is 48.6 Å². The van der Waals surface area contributed by atoms with Crippen molar-refractivity contribution in [2.24, 2.45) is 0 Å². The van der Waals surface area contributed by atoms with Gasteiger partial charge < -0.3 is 10.1 Å². The maximum absolute atomic E-state index is 13.5. The Morgan fingerprint density at radius 3 is 2.67 bits per heavy atom. The van der Waals surface area contributed by atoms with E-state index >= 15 is 0 Å². The number of ketones is 1. The van der Waals surface area contributed by atoms with E-state index in [0.717, 1.165) is 0 Å². The molecule has 1 aliphatic rings. The zero-order valence-electron chi connectivity index (χ0n) is 16.1. The van der Waals surface area contributed by atoms with Gasteiger partial charge in [0.25, 0.3) is 0 Å². The van der Waals surface area contributed by atoms with Crippen LogP contribution in [0.3, 0.4) is 0 Å². The summed E-state index contributed by atoms with van der Waals surface area (Å²) in [5, 5.41) is 4.46. The van der Waals surface area contributed by atoms with Gasteiger partial charge in [-0.15, -0.1) is 0 Å². The van der Waals surface area contributed by atoms with Crippen molar-refractivity contribution in [3.05, 3.63) is 83.7 Å². The number of carbonyl (C=O) groups excluding carboxylic acids is 2. The van der Waals surface area contributed by atoms with Crippen LogP contribution in [0.2, 0.25) is 0 Å². The van der Waals surface area contributed by atoms with E-state index < -0.39 is 11.5 Å². The summed E-state index contributed by atoms with van der Waals surface area (Å²) in [4.78, 5) is 33.5. The van der Waals surface area contributed by atoms with Crippen LogP contribution in [0.1, 0.15) is 23.7 Å². The van der Waals surface area contributed by atoms with E-state index in [9.17, 15) is 9.59 Å². The Morgan fingerprint density at radius 1 is 1.13 bits per heavy atom. The van der Waals surface area contributed by atoms with E-state index in [1.807, 2.05) is 18.2 Å². The Hall–Kier alpha value is -3.51. The maximum Gasteiger partial charge on any atom is 0.308 e. The lowest BCUT2D eigenvalue weighted by atomic mass is 9.83. The van der Waals surface area contributed by atoms with Gasteiger partial charge in [-0.1, -0.05) is 54.1 Å². The van der Waals surface area contributed by atoms with Crippen molar-refractivity contribution in [2.75, 3.05) is 5.32 Å². The molecule has 1 N–H and O–H groups in total. The molecule has 1 aromatic heterocycles. The van der Waals surface area contributed by atoms with E-state index in [0.29, 0.717) is 33.1 Å². The fraction of sp³-hybridized carbons (Fsp3) is 0.130. The van der Waals surface area contributed by atoms with Crippen molar-refractivity contribution in [1.82, 2.24) is 9.97 Å². The molecule has 0 amide bonds. The number of rotatable bonds is 5. The molecule has 150 valence electrons. The highest BCUT2D eigenvalue weighted by molar-refractivity contribution is 6.30. The van der Waals surface area contributed by atoms with Crippen molar-refractivity contribution in [2.45, 2.75) is 18.9 Å². The van der Waals surface area contributed by atoms with Gasteiger partial charge in [0, 0.05) is 29.3 Å². The second kappa shape index (κ2) is 8.08. The molecule has 0 spiro atoms. The third-order valence-corrected chi connectivity index (χ3v) is 5.02. The predicted octanol–water partition coefficient (Wildman–Crippen LogP) is 4.67. The summed E-state index contributed by atoms with van der Waals surface area (Å²) >= 11 is 6.33. The number of benzene rings is 2. The number of anilines is 1. The first-order valence-corrected chi connectivity index (χ1v) is 9.70. The molecule has 2 aromatic carbocycles. The molecule has 0 radical (unpaired) electrons. The number of allylic oxidation sites excluding steroid dienone is 2. The minimum atomic E-state index is -1.12. The fourth-order valence-electron chi connectivity index (χ4n) is 3.42. The van der Waals surface area contributed by atoms with Gasteiger partial charge in [0.15, 0.2) is 5.78 Å². The lowest BCUT2D eigenvalue weighted by molar-refractivity contribution is -0.131. The fourth-order valence-corrected chi connectivity index (χ4v) is 3.71. The summed E-state index contributed by atoms with van der Waals surface area (Å²) < 4.78 is 5.19. The molecule has 0 fully saturated rings. The van der Waals surface area contributed by atoms with Gasteiger partial charge in [-0.3, -0.25) is 9.59 Å². The summed E-state index contributed by atoms with van der Waals surface area (Å²) in [5.41, 5.74) is 0.0819. The first-order valence-electron chi connectivity index (χ1n) is 9.32. The van der Waals surface area contributed by atoms with Crippen molar-refractivity contribution in [1.29, 1.82) is 0 Å². The van der Waals surface area contributed by atoms with Crippen LogP contribution >= 0.6 is 11.6 Å². The van der Waals surface area contributed by atoms with E-state index in [-0.39, 0.29) is 12.2 Å². The topological polar surface area (TPSA) is 81.2 Å². The number of Topliss-reactive ketones (excluding diaryl/α,β-unsaturated/α-hetero) is 1. The molecule has 0 saturated heterocycles. The summed E-state index contributed by atoms with van der Waals surface area (Å²) in [6, 6.07) is 14.1. The lowest BCUT2D eigenvalue weighted by Crippen LogP contribution is -2.46. The Morgan fingerprint density at radius 2 is 1.93 bits per heavy atom. The van der Waals surface area contributed by atoms with Crippen LogP contribution in [0.5, 0.6) is 5.75 Å². The summed E-state index contributed by atoms with van der Waals surface area (Å²) in [6.45, 7) is 1.33. The van der Waals surface area contributed by atoms with E-state index in [2.05, 4.69) is 15.3 Å². The van der Waals surface area contributed by atoms with Crippen molar-refractivity contribution in [3.8, 4) is 5.75 Å². The molecule has 3 aromatic rings. The third-order valence-electron chi connectivity index (χ3n) is 4.76. The molecule has 7 heteroatoms. The number of nitrogens with zero attached hydrogens (tertiary/aromatic N) is 2. The summed E-state index contributed by atoms with van der Waals surface area (Å²) in [5.74, 6) is 0.250. The van der Waals surface area contributed by atoms with Gasteiger partial charge in [-0.05, 0) is 24.3 Å². The summed E-state index contributed by atoms with van der Waals surface area (Å²) in [7, 11) is 0. The quantitative estimate of drug-likeness (QED) is 0.367. The van der Waals surface area contributed by atoms with Crippen molar-refractivity contribution >= 4 is 40.1 Å². The van der Waals surface area contributed by atoms with Crippen LogP contribution in [0.15, 0.2) is 78.1 Å². The molecule has 1 atom stereocenters. The van der Waals surface area contributed by atoms with E-state index in [1.165, 1.54) is 13.3 Å². The molecule has 6 nitrogen and oxygen atoms in total. The lowest BCUT2D eigenvalue weighted by Gasteiger charge is -2.33. The van der Waals surface area contributed by atoms with Gasteiger partial charge in [0.05, 0.1) is 5.52 Å². The molecule has 1 unspecified atom stereocenters. The standard InChI is InChI=1S/C23H18ClN3O3/c1-15(28)30-18-9-10-20-19(12-18)22(26-14-25-20)27-23(11-5-8-17(24)13-23)21(29)16-6-3-2-4-7-16/h2-12,14H,13H2,1H3,(H,25,26,27). The number of halogens is 1. The van der Waals surface area contributed by atoms with Crippen LogP contribution in [0.4, 0.5) is 5.82 Å². The smallest absolute Gasteiger partial charge is 0.308 e. The number of hydrogen-bond acceptors (Lipinski definition) is 6. The highest BCUT2D eigenvalue weighted by atomic mass is 35.5. The van der Waals surface area contributed by atoms with Gasteiger partial charge in [0.2, 0.25) is 0 Å². The van der Waals surface area contributed by atoms with Crippen LogP contribution in [-0.4, -0.2) is 27.3 Å². The average molecular weight is 420 g/mol. The number of ether oxygens (including phenoxy) is 1. The Labute approximate surface area is 178 Å². The number of carbonyl (C=O) groups is 2. The monoisotopic (exact) mass is 419 g/mol. The molecule has 0 saturated carbocycles. The second-order valence-corrected chi connectivity index (χ2v) is 7.42. The second-order valence-electron chi connectivity index (χ2n) is 6.94. The van der Waals surface area contributed by atoms with Crippen molar-refractivity contribution < 1.29 is 14.3 Å². The third kappa shape index (κ3) is 3.95. The van der Waals surface area contributed by atoms with Gasteiger partial charge >= 0.3 is 5.97 Å². The van der Waals surface area contributed by atoms with Crippen molar-refractivity contribution in [3.63, 3.8) is 0 Å². The molecular formula is C23H18ClN3O3. The Bertz CT molecular complexity index is 1190. The number of hydrogen-bond donors (Lipinski definition) is 1. The minimum absolute atomic E-state index is 0.131. The van der Waals surface area contributed by atoms with Crippen LogP contribution < -0.4 is 10.1 Å². The van der Waals surface area contributed by atoms with Crippen LogP contribution in [0, 0.1) is 0 Å². The number of fused-ring (bicyclic) bond motifs is 1. The first kappa shape index (κ1) is 19.8. The minimum Gasteiger partial charge on any atom is -0.427 e. The highest BCUT2D eigenvalue weighted by Crippen LogP contribution is 2.34.